The minimum atomic E-state index is -0.990. The molecule has 1 aromatic carbocycles. The fraction of sp³-hybridized carbons (Fsp3) is 0.200. The van der Waals surface area contributed by atoms with Crippen LogP contribution < -0.4 is 0 Å². The zero-order valence-electron chi connectivity index (χ0n) is 7.95. The van der Waals surface area contributed by atoms with Crippen LogP contribution in [0.1, 0.15) is 22.3 Å². The number of carboxylic acid groups (broad SMARTS) is 1. The van der Waals surface area contributed by atoms with Gasteiger partial charge in [0.05, 0.1) is 20.8 Å². The van der Waals surface area contributed by atoms with Crippen LogP contribution in [0.3, 0.4) is 0 Å². The van der Waals surface area contributed by atoms with Crippen molar-refractivity contribution in [3.63, 3.8) is 0 Å². The first-order valence-electron chi connectivity index (χ1n) is 4.44. The third kappa shape index (κ3) is 1.82. The lowest BCUT2D eigenvalue weighted by atomic mass is 10.2. The average Bonchev–Trinajstić information content (AvgIpc) is 2.58. The molecule has 0 radical (unpaired) electrons. The summed E-state index contributed by atoms with van der Waals surface area (Å²) in [4.78, 5) is 15.2. The Bertz CT molecular complexity index is 535. The van der Waals surface area contributed by atoms with E-state index in [-0.39, 0.29) is 5.56 Å². The van der Waals surface area contributed by atoms with Gasteiger partial charge in [-0.1, -0.05) is 18.5 Å². The lowest BCUT2D eigenvalue weighted by Gasteiger charge is -1.96. The Balaban J connectivity index is 2.77. The van der Waals surface area contributed by atoms with Crippen LogP contribution in [0.25, 0.3) is 10.2 Å². The Labute approximate surface area is 95.3 Å². The van der Waals surface area contributed by atoms with E-state index in [1.165, 1.54) is 17.4 Å². The van der Waals surface area contributed by atoms with Gasteiger partial charge in [0.25, 0.3) is 0 Å². The number of rotatable bonds is 2. The van der Waals surface area contributed by atoms with E-state index in [1.54, 1.807) is 6.07 Å². The molecule has 1 N–H and O–H groups in total. The quantitative estimate of drug-likeness (QED) is 0.878. The number of fused-ring (bicyclic) bond motifs is 1. The second kappa shape index (κ2) is 3.79. The molecule has 15 heavy (non-hydrogen) atoms. The minimum Gasteiger partial charge on any atom is -0.478 e. The topological polar surface area (TPSA) is 50.2 Å². The second-order valence-electron chi connectivity index (χ2n) is 3.07. The highest BCUT2D eigenvalue weighted by atomic mass is 35.5. The molecule has 0 saturated heterocycles. The third-order valence-electron chi connectivity index (χ3n) is 2.04. The Morgan fingerprint density at radius 1 is 1.60 bits per heavy atom. The van der Waals surface area contributed by atoms with Gasteiger partial charge in [0.2, 0.25) is 0 Å². The molecule has 2 rings (SSSR count). The van der Waals surface area contributed by atoms with Gasteiger partial charge in [-0.3, -0.25) is 0 Å². The first-order valence-corrected chi connectivity index (χ1v) is 5.63. The van der Waals surface area contributed by atoms with Crippen LogP contribution in [0.15, 0.2) is 12.1 Å². The zero-order chi connectivity index (χ0) is 11.0. The number of nitrogens with zero attached hydrogens (tertiary/aromatic N) is 1. The van der Waals surface area contributed by atoms with Crippen molar-refractivity contribution >= 4 is 39.1 Å². The SMILES string of the molecule is CCc1nc2c(C(=O)O)cc(Cl)cc2s1. The zero-order valence-corrected chi connectivity index (χ0v) is 9.52. The van der Waals surface area contributed by atoms with E-state index in [0.717, 1.165) is 16.1 Å². The summed E-state index contributed by atoms with van der Waals surface area (Å²) in [6, 6.07) is 3.19. The number of hydrogen-bond donors (Lipinski definition) is 1. The molecule has 2 aromatic rings. The van der Waals surface area contributed by atoms with E-state index in [2.05, 4.69) is 4.98 Å². The van der Waals surface area contributed by atoms with Crippen molar-refractivity contribution in [2.24, 2.45) is 0 Å². The van der Waals surface area contributed by atoms with Gasteiger partial charge in [-0.2, -0.15) is 0 Å². The second-order valence-corrected chi connectivity index (χ2v) is 4.62. The molecule has 0 bridgehead atoms. The normalized spacial score (nSPS) is 10.8. The fourth-order valence-electron chi connectivity index (χ4n) is 1.36. The number of hydrogen-bond acceptors (Lipinski definition) is 3. The molecule has 0 unspecified atom stereocenters. The number of aromatic nitrogens is 1. The molecule has 0 fully saturated rings. The van der Waals surface area contributed by atoms with Crippen molar-refractivity contribution < 1.29 is 9.90 Å². The minimum absolute atomic E-state index is 0.174. The molecule has 3 nitrogen and oxygen atoms in total. The standard InChI is InChI=1S/C10H8ClNO2S/c1-2-8-12-9-6(10(13)14)3-5(11)4-7(9)15-8/h3-4H,2H2,1H3,(H,13,14). The van der Waals surface area contributed by atoms with Crippen LogP contribution in [0.5, 0.6) is 0 Å². The highest BCUT2D eigenvalue weighted by Crippen LogP contribution is 2.28. The third-order valence-corrected chi connectivity index (χ3v) is 3.40. The molecule has 0 saturated carbocycles. The highest BCUT2D eigenvalue weighted by Gasteiger charge is 2.13. The maximum Gasteiger partial charge on any atom is 0.338 e. The van der Waals surface area contributed by atoms with Crippen molar-refractivity contribution in [1.29, 1.82) is 0 Å². The Kier molecular flexibility index (Phi) is 2.63. The highest BCUT2D eigenvalue weighted by molar-refractivity contribution is 7.18. The van der Waals surface area contributed by atoms with Crippen LogP contribution in [0.4, 0.5) is 0 Å². The molecular formula is C10H8ClNO2S. The molecule has 1 heterocycles. The molecule has 0 spiro atoms. The summed E-state index contributed by atoms with van der Waals surface area (Å²) in [7, 11) is 0. The number of carboxylic acids is 1. The van der Waals surface area contributed by atoms with E-state index >= 15 is 0 Å². The van der Waals surface area contributed by atoms with E-state index in [9.17, 15) is 4.79 Å². The maximum atomic E-state index is 11.0. The van der Waals surface area contributed by atoms with E-state index in [1.807, 2.05) is 6.92 Å². The molecule has 0 atom stereocenters. The Hall–Kier alpha value is -1.13. The number of benzene rings is 1. The summed E-state index contributed by atoms with van der Waals surface area (Å²) >= 11 is 7.32. The number of aryl methyl sites for hydroxylation is 1. The summed E-state index contributed by atoms with van der Waals surface area (Å²) in [5.41, 5.74) is 0.710. The molecule has 0 aliphatic carbocycles. The Morgan fingerprint density at radius 3 is 2.93 bits per heavy atom. The van der Waals surface area contributed by atoms with Gasteiger partial charge in [-0.05, 0) is 18.6 Å². The predicted molar refractivity (Wildman–Crippen MR) is 61.0 cm³/mol. The van der Waals surface area contributed by atoms with Crippen LogP contribution in [-0.4, -0.2) is 16.1 Å². The number of halogens is 1. The summed E-state index contributed by atoms with van der Waals surface area (Å²) in [6.07, 6.45) is 0.802. The van der Waals surface area contributed by atoms with Crippen molar-refractivity contribution in [1.82, 2.24) is 4.98 Å². The molecular weight excluding hydrogens is 234 g/mol. The largest absolute Gasteiger partial charge is 0.478 e. The van der Waals surface area contributed by atoms with Gasteiger partial charge in [0.15, 0.2) is 0 Å². The first kappa shape index (κ1) is 10.4. The van der Waals surface area contributed by atoms with Crippen molar-refractivity contribution in [3.05, 3.63) is 27.7 Å². The first-order chi connectivity index (χ1) is 7.11. The summed E-state index contributed by atoms with van der Waals surface area (Å²) < 4.78 is 0.830. The van der Waals surface area contributed by atoms with E-state index in [4.69, 9.17) is 16.7 Å². The summed E-state index contributed by atoms with van der Waals surface area (Å²) in [5, 5.41) is 10.4. The van der Waals surface area contributed by atoms with Gasteiger partial charge in [0, 0.05) is 5.02 Å². The smallest absolute Gasteiger partial charge is 0.338 e. The number of thiazole rings is 1. The van der Waals surface area contributed by atoms with Gasteiger partial charge in [-0.25, -0.2) is 9.78 Å². The number of carbonyl (C=O) groups is 1. The Morgan fingerprint density at radius 2 is 2.33 bits per heavy atom. The van der Waals surface area contributed by atoms with Crippen LogP contribution >= 0.6 is 22.9 Å². The monoisotopic (exact) mass is 241 g/mol. The molecule has 0 aliphatic heterocycles. The molecule has 0 aliphatic rings. The molecule has 78 valence electrons. The van der Waals surface area contributed by atoms with Gasteiger partial charge >= 0.3 is 5.97 Å². The van der Waals surface area contributed by atoms with Crippen molar-refractivity contribution in [2.75, 3.05) is 0 Å². The maximum absolute atomic E-state index is 11.0. The van der Waals surface area contributed by atoms with Crippen LogP contribution in [0.2, 0.25) is 5.02 Å². The van der Waals surface area contributed by atoms with Gasteiger partial charge in [-0.15, -0.1) is 11.3 Å². The lowest BCUT2D eigenvalue weighted by molar-refractivity contribution is 0.0699. The lowest BCUT2D eigenvalue weighted by Crippen LogP contribution is -1.97. The van der Waals surface area contributed by atoms with E-state index < -0.39 is 5.97 Å². The molecule has 5 heteroatoms. The van der Waals surface area contributed by atoms with E-state index in [0.29, 0.717) is 10.5 Å². The fourth-order valence-corrected chi connectivity index (χ4v) is 2.61. The van der Waals surface area contributed by atoms with Crippen LogP contribution in [0, 0.1) is 0 Å². The average molecular weight is 242 g/mol. The van der Waals surface area contributed by atoms with Gasteiger partial charge < -0.3 is 5.11 Å². The molecule has 0 amide bonds. The van der Waals surface area contributed by atoms with Crippen LogP contribution in [-0.2, 0) is 6.42 Å². The molecule has 1 aromatic heterocycles. The van der Waals surface area contributed by atoms with Gasteiger partial charge in [0.1, 0.15) is 0 Å². The summed E-state index contributed by atoms with van der Waals surface area (Å²) in [5.74, 6) is -0.990. The van der Waals surface area contributed by atoms with Crippen molar-refractivity contribution in [2.45, 2.75) is 13.3 Å². The van der Waals surface area contributed by atoms with Crippen molar-refractivity contribution in [3.8, 4) is 0 Å². The predicted octanol–water partition coefficient (Wildman–Crippen LogP) is 3.21. The summed E-state index contributed by atoms with van der Waals surface area (Å²) in [6.45, 7) is 1.99. The number of aromatic carboxylic acids is 1.